The minimum atomic E-state index is 0.676. The number of pyridine rings is 1. The van der Waals surface area contributed by atoms with Crippen LogP contribution in [0.25, 0.3) is 11.0 Å². The Bertz CT molecular complexity index is 718. The first-order chi connectivity index (χ1) is 8.86. The minimum Gasteiger partial charge on any atom is -0.328 e. The van der Waals surface area contributed by atoms with E-state index in [-0.39, 0.29) is 0 Å². The Morgan fingerprint density at radius 2 is 1.89 bits per heavy atom. The fourth-order valence-corrected chi connectivity index (χ4v) is 2.05. The fraction of sp³-hybridized carbons (Fsp3) is 0.0625. The van der Waals surface area contributed by atoms with Gasteiger partial charge in [-0.15, -0.1) is 6.42 Å². The lowest BCUT2D eigenvalue weighted by Gasteiger charge is -2.05. The Labute approximate surface area is 106 Å². The first kappa shape index (κ1) is 10.6. The molecule has 86 valence electrons. The zero-order chi connectivity index (χ0) is 12.4. The highest BCUT2D eigenvalue weighted by Gasteiger charge is 2.03. The Kier molecular flexibility index (Phi) is 2.59. The van der Waals surface area contributed by atoms with E-state index in [4.69, 9.17) is 6.42 Å². The van der Waals surface area contributed by atoms with Crippen LogP contribution in [0.5, 0.6) is 0 Å². The lowest BCUT2D eigenvalue weighted by Crippen LogP contribution is -1.99. The number of hydrogen-bond acceptors (Lipinski definition) is 1. The molecule has 0 aliphatic rings. The van der Waals surface area contributed by atoms with Crippen LogP contribution >= 0.6 is 0 Å². The van der Waals surface area contributed by atoms with Crippen LogP contribution in [0.2, 0.25) is 0 Å². The van der Waals surface area contributed by atoms with Gasteiger partial charge in [0.25, 0.3) is 0 Å². The Morgan fingerprint density at radius 3 is 2.67 bits per heavy atom. The number of fused-ring (bicyclic) bond motifs is 1. The number of rotatable bonds is 2. The minimum absolute atomic E-state index is 0.676. The fourth-order valence-electron chi connectivity index (χ4n) is 2.05. The standard InChI is InChI=1S/C16H12N2/c1-2-15-9-8-14-10-11-18(16(14)17-15)12-13-6-4-3-5-7-13/h1,3-11H,12H2. The van der Waals surface area contributed by atoms with Gasteiger partial charge in [-0.2, -0.15) is 0 Å². The monoisotopic (exact) mass is 232 g/mol. The molecule has 0 radical (unpaired) electrons. The van der Waals surface area contributed by atoms with Crippen molar-refractivity contribution in [2.45, 2.75) is 6.54 Å². The molecular formula is C16H12N2. The predicted molar refractivity (Wildman–Crippen MR) is 73.2 cm³/mol. The van der Waals surface area contributed by atoms with Gasteiger partial charge in [-0.25, -0.2) is 4.98 Å². The number of hydrogen-bond donors (Lipinski definition) is 0. The van der Waals surface area contributed by atoms with Crippen LogP contribution in [0.15, 0.2) is 54.7 Å². The van der Waals surface area contributed by atoms with Gasteiger partial charge in [-0.1, -0.05) is 36.3 Å². The first-order valence-electron chi connectivity index (χ1n) is 5.83. The smallest absolute Gasteiger partial charge is 0.141 e. The maximum Gasteiger partial charge on any atom is 0.141 e. The maximum atomic E-state index is 5.39. The lowest BCUT2D eigenvalue weighted by atomic mass is 10.2. The number of benzene rings is 1. The van der Waals surface area contributed by atoms with Crippen LogP contribution in [-0.2, 0) is 6.54 Å². The third kappa shape index (κ3) is 1.87. The average molecular weight is 232 g/mol. The lowest BCUT2D eigenvalue weighted by molar-refractivity contribution is 0.825. The van der Waals surface area contributed by atoms with Crippen molar-refractivity contribution in [3.05, 3.63) is 66.0 Å². The SMILES string of the molecule is C#Cc1ccc2ccn(Cc3ccccc3)c2n1. The summed E-state index contributed by atoms with van der Waals surface area (Å²) in [4.78, 5) is 4.48. The second kappa shape index (κ2) is 4.38. The largest absolute Gasteiger partial charge is 0.328 e. The summed E-state index contributed by atoms with van der Waals surface area (Å²) in [7, 11) is 0. The average Bonchev–Trinajstić information content (AvgIpc) is 2.82. The molecule has 2 heteroatoms. The van der Waals surface area contributed by atoms with E-state index in [0.717, 1.165) is 17.6 Å². The van der Waals surface area contributed by atoms with Gasteiger partial charge in [0.1, 0.15) is 11.3 Å². The summed E-state index contributed by atoms with van der Waals surface area (Å²) < 4.78 is 2.12. The molecule has 18 heavy (non-hydrogen) atoms. The summed E-state index contributed by atoms with van der Waals surface area (Å²) in [6.45, 7) is 0.811. The summed E-state index contributed by atoms with van der Waals surface area (Å²) in [5.74, 6) is 2.58. The summed E-state index contributed by atoms with van der Waals surface area (Å²) in [6, 6.07) is 16.3. The van der Waals surface area contributed by atoms with Crippen LogP contribution in [0.1, 0.15) is 11.3 Å². The normalized spacial score (nSPS) is 10.4. The molecule has 3 aromatic rings. The van der Waals surface area contributed by atoms with Gasteiger partial charge in [0.05, 0.1) is 0 Å². The molecule has 0 aliphatic carbocycles. The topological polar surface area (TPSA) is 17.8 Å². The summed E-state index contributed by atoms with van der Waals surface area (Å²) in [5, 5.41) is 1.12. The quantitative estimate of drug-likeness (QED) is 0.621. The van der Waals surface area contributed by atoms with Crippen LogP contribution in [0.3, 0.4) is 0 Å². The Hall–Kier alpha value is -2.53. The van der Waals surface area contributed by atoms with E-state index in [1.54, 1.807) is 0 Å². The van der Waals surface area contributed by atoms with Crippen molar-refractivity contribution in [2.24, 2.45) is 0 Å². The highest BCUT2D eigenvalue weighted by Crippen LogP contribution is 2.15. The van der Waals surface area contributed by atoms with Gasteiger partial charge >= 0.3 is 0 Å². The molecule has 0 aliphatic heterocycles. The van der Waals surface area contributed by atoms with Crippen LogP contribution < -0.4 is 0 Å². The molecule has 0 unspecified atom stereocenters. The van der Waals surface area contributed by atoms with Gasteiger partial charge in [0.2, 0.25) is 0 Å². The van der Waals surface area contributed by atoms with Crippen molar-refractivity contribution in [3.63, 3.8) is 0 Å². The number of nitrogens with zero attached hydrogens (tertiary/aromatic N) is 2. The van der Waals surface area contributed by atoms with Crippen molar-refractivity contribution >= 4 is 11.0 Å². The molecule has 3 rings (SSSR count). The molecule has 2 heterocycles. The van der Waals surface area contributed by atoms with Crippen molar-refractivity contribution in [3.8, 4) is 12.3 Å². The van der Waals surface area contributed by atoms with Crippen molar-refractivity contribution < 1.29 is 0 Å². The second-order valence-corrected chi connectivity index (χ2v) is 4.18. The van der Waals surface area contributed by atoms with Crippen molar-refractivity contribution in [1.29, 1.82) is 0 Å². The number of aromatic nitrogens is 2. The van der Waals surface area contributed by atoms with E-state index in [1.165, 1.54) is 5.56 Å². The van der Waals surface area contributed by atoms with Gasteiger partial charge in [0.15, 0.2) is 0 Å². The van der Waals surface area contributed by atoms with Gasteiger partial charge in [0, 0.05) is 18.1 Å². The third-order valence-electron chi connectivity index (χ3n) is 2.96. The van der Waals surface area contributed by atoms with Crippen LogP contribution in [0.4, 0.5) is 0 Å². The molecule has 0 saturated carbocycles. The number of terminal acetylenes is 1. The summed E-state index contributed by atoms with van der Waals surface area (Å²) in [6.07, 6.45) is 7.44. The molecule has 0 fully saturated rings. The van der Waals surface area contributed by atoms with Gasteiger partial charge in [-0.05, 0) is 23.8 Å². The van der Waals surface area contributed by atoms with E-state index in [2.05, 4.69) is 33.7 Å². The molecule has 2 nitrogen and oxygen atoms in total. The molecule has 1 aromatic carbocycles. The molecule has 0 atom stereocenters. The van der Waals surface area contributed by atoms with Crippen LogP contribution in [0, 0.1) is 12.3 Å². The first-order valence-corrected chi connectivity index (χ1v) is 5.83. The van der Waals surface area contributed by atoms with E-state index < -0.39 is 0 Å². The molecule has 0 bridgehead atoms. The Balaban J connectivity index is 2.05. The van der Waals surface area contributed by atoms with Gasteiger partial charge in [-0.3, -0.25) is 0 Å². The Morgan fingerprint density at radius 1 is 1.06 bits per heavy atom. The van der Waals surface area contributed by atoms with Crippen molar-refractivity contribution in [1.82, 2.24) is 9.55 Å². The maximum absolute atomic E-state index is 5.39. The zero-order valence-corrected chi connectivity index (χ0v) is 9.88. The summed E-state index contributed by atoms with van der Waals surface area (Å²) >= 11 is 0. The summed E-state index contributed by atoms with van der Waals surface area (Å²) in [5.41, 5.74) is 2.87. The zero-order valence-electron chi connectivity index (χ0n) is 9.88. The second-order valence-electron chi connectivity index (χ2n) is 4.18. The van der Waals surface area contributed by atoms with E-state index in [0.29, 0.717) is 5.69 Å². The van der Waals surface area contributed by atoms with E-state index in [1.807, 2.05) is 36.5 Å². The van der Waals surface area contributed by atoms with Gasteiger partial charge < -0.3 is 4.57 Å². The van der Waals surface area contributed by atoms with Crippen LogP contribution in [-0.4, -0.2) is 9.55 Å². The van der Waals surface area contributed by atoms with E-state index >= 15 is 0 Å². The molecule has 0 spiro atoms. The molecule has 0 amide bonds. The third-order valence-corrected chi connectivity index (χ3v) is 2.96. The predicted octanol–water partition coefficient (Wildman–Crippen LogP) is 3.07. The molecular weight excluding hydrogens is 220 g/mol. The van der Waals surface area contributed by atoms with Crippen molar-refractivity contribution in [2.75, 3.05) is 0 Å². The van der Waals surface area contributed by atoms with E-state index in [9.17, 15) is 0 Å². The molecule has 0 saturated heterocycles. The molecule has 0 N–H and O–H groups in total. The highest BCUT2D eigenvalue weighted by molar-refractivity contribution is 5.76. The molecule has 2 aromatic heterocycles. The highest BCUT2D eigenvalue weighted by atomic mass is 15.0.